The van der Waals surface area contributed by atoms with Gasteiger partial charge in [-0.25, -0.2) is 9.78 Å². The summed E-state index contributed by atoms with van der Waals surface area (Å²) in [5, 5.41) is 9.60. The number of carboxylic acids is 1. The van der Waals surface area contributed by atoms with Gasteiger partial charge in [0.2, 0.25) is 0 Å². The van der Waals surface area contributed by atoms with E-state index in [1.807, 2.05) is 42.3 Å². The molecule has 2 rings (SSSR count). The second-order valence-electron chi connectivity index (χ2n) is 4.38. The molecule has 1 aromatic carbocycles. The zero-order chi connectivity index (χ0) is 14.7. The van der Waals surface area contributed by atoms with Gasteiger partial charge in [0.1, 0.15) is 4.88 Å². The fourth-order valence-electron chi connectivity index (χ4n) is 1.78. The monoisotopic (exact) mass is 290 g/mol. The van der Waals surface area contributed by atoms with E-state index in [2.05, 4.69) is 4.98 Å². The van der Waals surface area contributed by atoms with Crippen molar-refractivity contribution in [2.45, 2.75) is 13.5 Å². The number of aromatic nitrogens is 1. The van der Waals surface area contributed by atoms with Crippen LogP contribution < -0.4 is 4.90 Å². The molecule has 0 saturated carbocycles. The Kier molecular flexibility index (Phi) is 4.14. The Morgan fingerprint density at radius 2 is 1.95 bits per heavy atom. The molecule has 0 atom stereocenters. The highest BCUT2D eigenvalue weighted by molar-refractivity contribution is 7.17. The highest BCUT2D eigenvalue weighted by Crippen LogP contribution is 2.27. The van der Waals surface area contributed by atoms with E-state index < -0.39 is 5.97 Å². The molecule has 0 aliphatic heterocycles. The minimum atomic E-state index is -1.18. The number of ketones is 1. The van der Waals surface area contributed by atoms with Crippen molar-refractivity contribution in [1.29, 1.82) is 0 Å². The minimum Gasteiger partial charge on any atom is -0.476 e. The summed E-state index contributed by atoms with van der Waals surface area (Å²) < 4.78 is 0. The topological polar surface area (TPSA) is 70.5 Å². The Morgan fingerprint density at radius 1 is 1.30 bits per heavy atom. The molecule has 0 amide bonds. The summed E-state index contributed by atoms with van der Waals surface area (Å²) in [4.78, 5) is 28.6. The predicted molar refractivity (Wildman–Crippen MR) is 77.6 cm³/mol. The zero-order valence-corrected chi connectivity index (χ0v) is 12.0. The summed E-state index contributed by atoms with van der Waals surface area (Å²) in [5.41, 5.74) is 0.920. The zero-order valence-electron chi connectivity index (χ0n) is 11.2. The average Bonchev–Trinajstić information content (AvgIpc) is 2.85. The Labute approximate surface area is 120 Å². The van der Waals surface area contributed by atoms with Crippen LogP contribution in [-0.2, 0) is 6.54 Å². The van der Waals surface area contributed by atoms with Crippen LogP contribution in [0, 0.1) is 0 Å². The molecule has 1 aromatic heterocycles. The summed E-state index contributed by atoms with van der Waals surface area (Å²) in [6.45, 7) is 1.95. The minimum absolute atomic E-state index is 0.169. The molecule has 0 fully saturated rings. The Morgan fingerprint density at radius 3 is 2.45 bits per heavy atom. The van der Waals surface area contributed by atoms with Crippen molar-refractivity contribution in [1.82, 2.24) is 4.98 Å². The van der Waals surface area contributed by atoms with E-state index in [-0.39, 0.29) is 16.4 Å². The molecule has 0 radical (unpaired) electrons. The number of carbonyl (C=O) groups is 2. The molecule has 1 heterocycles. The molecule has 0 unspecified atom stereocenters. The van der Waals surface area contributed by atoms with E-state index in [4.69, 9.17) is 5.11 Å². The summed E-state index contributed by atoms with van der Waals surface area (Å²) in [7, 11) is 1.82. The number of Topliss-reactive ketones (excluding diaryl/α,β-unsaturated/α-hetero) is 1. The number of aromatic carboxylic acids is 1. The van der Waals surface area contributed by atoms with Gasteiger partial charge in [0.05, 0.1) is 0 Å². The van der Waals surface area contributed by atoms with Crippen LogP contribution in [0.3, 0.4) is 0 Å². The van der Waals surface area contributed by atoms with Gasteiger partial charge < -0.3 is 10.0 Å². The van der Waals surface area contributed by atoms with Gasteiger partial charge in [-0.2, -0.15) is 0 Å². The largest absolute Gasteiger partial charge is 0.476 e. The number of nitrogens with zero attached hydrogens (tertiary/aromatic N) is 2. The van der Waals surface area contributed by atoms with Crippen LogP contribution in [0.25, 0.3) is 0 Å². The van der Waals surface area contributed by atoms with E-state index >= 15 is 0 Å². The highest BCUT2D eigenvalue weighted by atomic mass is 32.1. The van der Waals surface area contributed by atoms with Gasteiger partial charge >= 0.3 is 5.97 Å². The summed E-state index contributed by atoms with van der Waals surface area (Å²) >= 11 is 1.11. The Bertz CT molecular complexity index is 606. The average molecular weight is 290 g/mol. The number of anilines is 1. The number of hydrogen-bond donors (Lipinski definition) is 1. The highest BCUT2D eigenvalue weighted by Gasteiger charge is 2.22. The standard InChI is InChI=1S/C14H14N2O3S/c1-9(17)12-11(13(18)19)15-14(20-12)16(2)8-10-6-4-3-5-7-10/h3-7H,8H2,1-2H3,(H,18,19). The van der Waals surface area contributed by atoms with Crippen LogP contribution in [0.2, 0.25) is 0 Å². The van der Waals surface area contributed by atoms with Crippen molar-refractivity contribution in [2.24, 2.45) is 0 Å². The second kappa shape index (κ2) is 5.83. The SMILES string of the molecule is CC(=O)c1sc(N(C)Cc2ccccc2)nc1C(=O)O. The van der Waals surface area contributed by atoms with Crippen molar-refractivity contribution in [3.05, 3.63) is 46.5 Å². The fourth-order valence-corrected chi connectivity index (χ4v) is 2.69. The van der Waals surface area contributed by atoms with Gasteiger partial charge in [0, 0.05) is 20.5 Å². The molecule has 0 aliphatic carbocycles. The first-order chi connectivity index (χ1) is 9.49. The number of benzene rings is 1. The van der Waals surface area contributed by atoms with E-state index in [0.29, 0.717) is 11.7 Å². The number of carboxylic acid groups (broad SMARTS) is 1. The lowest BCUT2D eigenvalue weighted by molar-refractivity contribution is 0.0687. The van der Waals surface area contributed by atoms with Crippen molar-refractivity contribution in [3.63, 3.8) is 0 Å². The number of hydrogen-bond acceptors (Lipinski definition) is 5. The van der Waals surface area contributed by atoms with Crippen molar-refractivity contribution >= 4 is 28.2 Å². The van der Waals surface area contributed by atoms with Gasteiger partial charge in [-0.1, -0.05) is 41.7 Å². The van der Waals surface area contributed by atoms with Gasteiger partial charge in [0.15, 0.2) is 16.6 Å². The Balaban J connectivity index is 2.26. The van der Waals surface area contributed by atoms with E-state index in [9.17, 15) is 9.59 Å². The summed E-state index contributed by atoms with van der Waals surface area (Å²) in [6, 6.07) is 9.77. The van der Waals surface area contributed by atoms with Crippen molar-refractivity contribution in [2.75, 3.05) is 11.9 Å². The first-order valence-electron chi connectivity index (χ1n) is 5.99. The molecule has 0 bridgehead atoms. The van der Waals surface area contributed by atoms with Crippen LogP contribution in [0.5, 0.6) is 0 Å². The molecule has 0 aliphatic rings. The predicted octanol–water partition coefficient (Wildman–Crippen LogP) is 2.68. The van der Waals surface area contributed by atoms with Crippen LogP contribution in [0.1, 0.15) is 32.6 Å². The lowest BCUT2D eigenvalue weighted by Gasteiger charge is -2.15. The molecule has 20 heavy (non-hydrogen) atoms. The van der Waals surface area contributed by atoms with Crippen LogP contribution in [0.15, 0.2) is 30.3 Å². The number of thiazole rings is 1. The first-order valence-corrected chi connectivity index (χ1v) is 6.81. The first kappa shape index (κ1) is 14.2. The maximum atomic E-state index is 11.5. The quantitative estimate of drug-likeness (QED) is 0.857. The molecule has 5 nitrogen and oxygen atoms in total. The van der Waals surface area contributed by atoms with Crippen LogP contribution >= 0.6 is 11.3 Å². The third-order valence-corrected chi connectivity index (χ3v) is 4.00. The fraction of sp³-hybridized carbons (Fsp3) is 0.214. The van der Waals surface area contributed by atoms with Crippen molar-refractivity contribution in [3.8, 4) is 0 Å². The van der Waals surface area contributed by atoms with Crippen LogP contribution in [0.4, 0.5) is 5.13 Å². The van der Waals surface area contributed by atoms with Gasteiger partial charge in [-0.05, 0) is 5.56 Å². The molecule has 0 spiro atoms. The molecule has 104 valence electrons. The van der Waals surface area contributed by atoms with Crippen molar-refractivity contribution < 1.29 is 14.7 Å². The van der Waals surface area contributed by atoms with E-state index in [0.717, 1.165) is 16.9 Å². The number of carbonyl (C=O) groups excluding carboxylic acids is 1. The van der Waals surface area contributed by atoms with Gasteiger partial charge in [-0.3, -0.25) is 4.79 Å². The maximum Gasteiger partial charge on any atom is 0.356 e. The summed E-state index contributed by atoms with van der Waals surface area (Å²) in [5.74, 6) is -1.45. The Hall–Kier alpha value is -2.21. The number of rotatable bonds is 5. The van der Waals surface area contributed by atoms with Crippen LogP contribution in [-0.4, -0.2) is 28.9 Å². The molecule has 1 N–H and O–H groups in total. The lowest BCUT2D eigenvalue weighted by Crippen LogP contribution is -2.16. The molecular formula is C14H14N2O3S. The maximum absolute atomic E-state index is 11.5. The lowest BCUT2D eigenvalue weighted by atomic mass is 10.2. The smallest absolute Gasteiger partial charge is 0.356 e. The molecular weight excluding hydrogens is 276 g/mol. The normalized spacial score (nSPS) is 10.3. The van der Waals surface area contributed by atoms with E-state index in [1.54, 1.807) is 0 Å². The van der Waals surface area contributed by atoms with Gasteiger partial charge in [-0.15, -0.1) is 0 Å². The molecule has 2 aromatic rings. The summed E-state index contributed by atoms with van der Waals surface area (Å²) in [6.07, 6.45) is 0. The third kappa shape index (κ3) is 3.03. The second-order valence-corrected chi connectivity index (χ2v) is 5.35. The van der Waals surface area contributed by atoms with Gasteiger partial charge in [0.25, 0.3) is 0 Å². The molecule has 6 heteroatoms. The van der Waals surface area contributed by atoms with E-state index in [1.165, 1.54) is 6.92 Å². The molecule has 0 saturated heterocycles. The third-order valence-electron chi connectivity index (χ3n) is 2.73.